The molecule has 0 aliphatic heterocycles. The van der Waals surface area contributed by atoms with Crippen LogP contribution in [0.15, 0.2) is 22.8 Å². The predicted molar refractivity (Wildman–Crippen MR) is 36.4 cm³/mol. The monoisotopic (exact) mass is 143 g/mol. The molecule has 0 amide bonds. The molecule has 1 aromatic heterocycles. The zero-order chi connectivity index (χ0) is 7.40. The SMILES string of the molecule is NCC(F)Cc1ccco1. The first kappa shape index (κ1) is 7.28. The summed E-state index contributed by atoms with van der Waals surface area (Å²) < 4.78 is 17.4. The lowest BCUT2D eigenvalue weighted by molar-refractivity contribution is 0.319. The van der Waals surface area contributed by atoms with Crippen molar-refractivity contribution in [1.29, 1.82) is 0 Å². The van der Waals surface area contributed by atoms with Gasteiger partial charge in [0.1, 0.15) is 11.9 Å². The van der Waals surface area contributed by atoms with Crippen molar-refractivity contribution >= 4 is 0 Å². The molecular formula is C7H10FNO. The quantitative estimate of drug-likeness (QED) is 0.688. The number of hydrogen-bond donors (Lipinski definition) is 1. The van der Waals surface area contributed by atoms with Gasteiger partial charge in [-0.2, -0.15) is 0 Å². The average molecular weight is 143 g/mol. The van der Waals surface area contributed by atoms with Gasteiger partial charge in [0, 0.05) is 13.0 Å². The highest BCUT2D eigenvalue weighted by atomic mass is 19.1. The van der Waals surface area contributed by atoms with Crippen LogP contribution in [0.5, 0.6) is 0 Å². The highest BCUT2D eigenvalue weighted by Crippen LogP contribution is 2.05. The van der Waals surface area contributed by atoms with Crippen LogP contribution in [-0.2, 0) is 6.42 Å². The van der Waals surface area contributed by atoms with Crippen LogP contribution in [0.4, 0.5) is 4.39 Å². The zero-order valence-electron chi connectivity index (χ0n) is 5.59. The fourth-order valence-electron chi connectivity index (χ4n) is 0.730. The minimum Gasteiger partial charge on any atom is -0.469 e. The number of halogens is 1. The summed E-state index contributed by atoms with van der Waals surface area (Å²) in [4.78, 5) is 0. The third kappa shape index (κ3) is 1.84. The van der Waals surface area contributed by atoms with E-state index in [1.54, 1.807) is 12.1 Å². The molecule has 0 spiro atoms. The van der Waals surface area contributed by atoms with E-state index in [1.165, 1.54) is 6.26 Å². The Morgan fingerprint density at radius 2 is 2.50 bits per heavy atom. The van der Waals surface area contributed by atoms with Gasteiger partial charge in [0.05, 0.1) is 6.26 Å². The van der Waals surface area contributed by atoms with Gasteiger partial charge in [-0.25, -0.2) is 4.39 Å². The van der Waals surface area contributed by atoms with E-state index in [0.29, 0.717) is 5.76 Å². The summed E-state index contributed by atoms with van der Waals surface area (Å²) in [6.45, 7) is 0.0563. The normalized spacial score (nSPS) is 13.4. The molecule has 1 atom stereocenters. The zero-order valence-corrected chi connectivity index (χ0v) is 5.59. The van der Waals surface area contributed by atoms with Crippen molar-refractivity contribution in [2.45, 2.75) is 12.6 Å². The van der Waals surface area contributed by atoms with Gasteiger partial charge >= 0.3 is 0 Å². The van der Waals surface area contributed by atoms with Crippen LogP contribution < -0.4 is 5.73 Å². The Kier molecular flexibility index (Phi) is 2.45. The van der Waals surface area contributed by atoms with E-state index in [0.717, 1.165) is 0 Å². The van der Waals surface area contributed by atoms with E-state index in [-0.39, 0.29) is 13.0 Å². The summed E-state index contributed by atoms with van der Waals surface area (Å²) in [6.07, 6.45) is 0.827. The molecule has 1 unspecified atom stereocenters. The molecular weight excluding hydrogens is 133 g/mol. The molecule has 1 aromatic rings. The van der Waals surface area contributed by atoms with Crippen LogP contribution in [0.1, 0.15) is 5.76 Å². The minimum atomic E-state index is -0.980. The lowest BCUT2D eigenvalue weighted by Crippen LogP contribution is -2.17. The van der Waals surface area contributed by atoms with Crippen LogP contribution in [0, 0.1) is 0 Å². The number of alkyl halides is 1. The standard InChI is InChI=1S/C7H10FNO/c8-6(5-9)4-7-2-1-3-10-7/h1-3,6H,4-5,9H2. The molecule has 56 valence electrons. The van der Waals surface area contributed by atoms with E-state index in [4.69, 9.17) is 10.2 Å². The summed E-state index contributed by atoms with van der Waals surface area (Å²) in [7, 11) is 0. The Balaban J connectivity index is 2.40. The summed E-state index contributed by atoms with van der Waals surface area (Å²) in [6, 6.07) is 3.47. The van der Waals surface area contributed by atoms with Crippen LogP contribution in [0.2, 0.25) is 0 Å². The Bertz CT molecular complexity index is 174. The molecule has 0 fully saturated rings. The van der Waals surface area contributed by atoms with Crippen molar-refractivity contribution in [2.75, 3.05) is 6.54 Å². The first-order chi connectivity index (χ1) is 4.83. The second kappa shape index (κ2) is 3.37. The largest absolute Gasteiger partial charge is 0.469 e. The van der Waals surface area contributed by atoms with Crippen molar-refractivity contribution < 1.29 is 8.81 Å². The van der Waals surface area contributed by atoms with Gasteiger partial charge in [0.2, 0.25) is 0 Å². The molecule has 0 aromatic carbocycles. The Morgan fingerprint density at radius 3 is 3.00 bits per heavy atom. The molecule has 10 heavy (non-hydrogen) atoms. The summed E-state index contributed by atoms with van der Waals surface area (Å²) in [5.74, 6) is 0.651. The van der Waals surface area contributed by atoms with Crippen LogP contribution in [0.25, 0.3) is 0 Å². The van der Waals surface area contributed by atoms with Crippen LogP contribution in [0.3, 0.4) is 0 Å². The second-order valence-electron chi connectivity index (χ2n) is 2.12. The van der Waals surface area contributed by atoms with Gasteiger partial charge in [-0.3, -0.25) is 0 Å². The average Bonchev–Trinajstić information content (AvgIpc) is 2.40. The minimum absolute atomic E-state index is 0.0563. The number of hydrogen-bond acceptors (Lipinski definition) is 2. The molecule has 0 saturated carbocycles. The molecule has 3 heteroatoms. The van der Waals surface area contributed by atoms with Gasteiger partial charge in [-0.1, -0.05) is 0 Å². The van der Waals surface area contributed by atoms with E-state index in [1.807, 2.05) is 0 Å². The smallest absolute Gasteiger partial charge is 0.119 e. The third-order valence-electron chi connectivity index (χ3n) is 1.26. The number of rotatable bonds is 3. The molecule has 1 heterocycles. The van der Waals surface area contributed by atoms with E-state index < -0.39 is 6.17 Å². The predicted octanol–water partition coefficient (Wildman–Crippen LogP) is 1.12. The maximum absolute atomic E-state index is 12.5. The van der Waals surface area contributed by atoms with Crippen LogP contribution in [-0.4, -0.2) is 12.7 Å². The highest BCUT2D eigenvalue weighted by Gasteiger charge is 2.05. The molecule has 0 saturated heterocycles. The van der Waals surface area contributed by atoms with Crippen molar-refractivity contribution in [3.8, 4) is 0 Å². The number of nitrogens with two attached hydrogens (primary N) is 1. The van der Waals surface area contributed by atoms with Crippen molar-refractivity contribution in [3.05, 3.63) is 24.2 Å². The molecule has 2 N–H and O–H groups in total. The second-order valence-corrected chi connectivity index (χ2v) is 2.12. The fraction of sp³-hybridized carbons (Fsp3) is 0.429. The molecule has 2 nitrogen and oxygen atoms in total. The first-order valence-corrected chi connectivity index (χ1v) is 3.19. The van der Waals surface area contributed by atoms with Gasteiger partial charge < -0.3 is 10.2 Å². The lowest BCUT2D eigenvalue weighted by Gasteiger charge is -1.99. The Labute approximate surface area is 58.8 Å². The maximum atomic E-state index is 12.5. The van der Waals surface area contributed by atoms with Crippen molar-refractivity contribution in [3.63, 3.8) is 0 Å². The third-order valence-corrected chi connectivity index (χ3v) is 1.26. The summed E-state index contributed by atoms with van der Waals surface area (Å²) in [5.41, 5.74) is 5.07. The maximum Gasteiger partial charge on any atom is 0.119 e. The summed E-state index contributed by atoms with van der Waals surface area (Å²) in [5, 5.41) is 0. The summed E-state index contributed by atoms with van der Waals surface area (Å²) >= 11 is 0. The Hall–Kier alpha value is -0.830. The molecule has 0 aliphatic rings. The van der Waals surface area contributed by atoms with Crippen molar-refractivity contribution in [1.82, 2.24) is 0 Å². The van der Waals surface area contributed by atoms with E-state index >= 15 is 0 Å². The van der Waals surface area contributed by atoms with Gasteiger partial charge in [0.25, 0.3) is 0 Å². The van der Waals surface area contributed by atoms with Gasteiger partial charge in [-0.05, 0) is 12.1 Å². The first-order valence-electron chi connectivity index (χ1n) is 3.19. The number of furan rings is 1. The lowest BCUT2D eigenvalue weighted by atomic mass is 10.2. The molecule has 0 radical (unpaired) electrons. The topological polar surface area (TPSA) is 39.2 Å². The van der Waals surface area contributed by atoms with Crippen LogP contribution >= 0.6 is 0 Å². The highest BCUT2D eigenvalue weighted by molar-refractivity contribution is 4.99. The Morgan fingerprint density at radius 1 is 1.70 bits per heavy atom. The van der Waals surface area contributed by atoms with E-state index in [9.17, 15) is 4.39 Å². The molecule has 1 rings (SSSR count). The molecule has 0 aliphatic carbocycles. The van der Waals surface area contributed by atoms with Crippen molar-refractivity contribution in [2.24, 2.45) is 5.73 Å². The van der Waals surface area contributed by atoms with Gasteiger partial charge in [-0.15, -0.1) is 0 Å². The van der Waals surface area contributed by atoms with Gasteiger partial charge in [0.15, 0.2) is 0 Å². The van der Waals surface area contributed by atoms with E-state index in [2.05, 4.69) is 0 Å². The molecule has 0 bridgehead atoms. The fourth-order valence-corrected chi connectivity index (χ4v) is 0.730.